The fraction of sp³-hybridized carbons (Fsp3) is 0.571. The van der Waals surface area contributed by atoms with Gasteiger partial charge in [-0.2, -0.15) is 0 Å². The molecule has 2 rings (SSSR count). The minimum atomic E-state index is -0.565. The highest BCUT2D eigenvalue weighted by atomic mass is 19.1. The maximum absolute atomic E-state index is 13.1. The summed E-state index contributed by atoms with van der Waals surface area (Å²) in [6, 6.07) is 3.80. The highest BCUT2D eigenvalue weighted by Crippen LogP contribution is 2.32. The molecule has 20 heavy (non-hydrogen) atoms. The van der Waals surface area contributed by atoms with Crippen LogP contribution in [0.3, 0.4) is 0 Å². The number of hydrogen-bond acceptors (Lipinski definition) is 4. The fourth-order valence-electron chi connectivity index (χ4n) is 2.72. The first kappa shape index (κ1) is 14.7. The van der Waals surface area contributed by atoms with Gasteiger partial charge in [0, 0.05) is 13.1 Å². The summed E-state index contributed by atoms with van der Waals surface area (Å²) in [5, 5.41) is 14.2. The lowest BCUT2D eigenvalue weighted by atomic mass is 9.93. The van der Waals surface area contributed by atoms with E-state index in [4.69, 9.17) is 0 Å². The van der Waals surface area contributed by atoms with Crippen molar-refractivity contribution in [1.29, 1.82) is 0 Å². The Bertz CT molecular complexity index is 473. The van der Waals surface area contributed by atoms with E-state index in [1.165, 1.54) is 12.1 Å². The summed E-state index contributed by atoms with van der Waals surface area (Å²) < 4.78 is 13.1. The lowest BCUT2D eigenvalue weighted by molar-refractivity contribution is -0.384. The van der Waals surface area contributed by atoms with Gasteiger partial charge in [-0.05, 0) is 50.9 Å². The first-order chi connectivity index (χ1) is 9.61. The molecular formula is C14H20FN3O2. The summed E-state index contributed by atoms with van der Waals surface area (Å²) in [4.78, 5) is 12.5. The molecule has 110 valence electrons. The molecule has 0 amide bonds. The number of hydrogen-bond donors (Lipinski definition) is 1. The zero-order valence-corrected chi connectivity index (χ0v) is 11.6. The molecule has 0 radical (unpaired) electrons. The SMILES string of the molecule is CNCCC1CCN(c2ccc(F)cc2[N+](=O)[O-])CC1. The second-order valence-electron chi connectivity index (χ2n) is 5.21. The van der Waals surface area contributed by atoms with Crippen molar-refractivity contribution < 1.29 is 9.31 Å². The smallest absolute Gasteiger partial charge is 0.295 e. The van der Waals surface area contributed by atoms with Gasteiger partial charge in [0.25, 0.3) is 5.69 Å². The van der Waals surface area contributed by atoms with Crippen molar-refractivity contribution in [2.45, 2.75) is 19.3 Å². The quantitative estimate of drug-likeness (QED) is 0.665. The van der Waals surface area contributed by atoms with E-state index in [0.717, 1.165) is 45.0 Å². The Balaban J connectivity index is 2.05. The molecule has 1 saturated heterocycles. The lowest BCUT2D eigenvalue weighted by Crippen LogP contribution is -2.34. The highest BCUT2D eigenvalue weighted by molar-refractivity contribution is 5.63. The van der Waals surface area contributed by atoms with Gasteiger partial charge in [0.15, 0.2) is 0 Å². The third-order valence-electron chi connectivity index (χ3n) is 3.89. The van der Waals surface area contributed by atoms with Crippen LogP contribution in [0.25, 0.3) is 0 Å². The van der Waals surface area contributed by atoms with E-state index in [-0.39, 0.29) is 5.69 Å². The maximum atomic E-state index is 13.1. The van der Waals surface area contributed by atoms with Crippen molar-refractivity contribution in [3.63, 3.8) is 0 Å². The molecule has 1 heterocycles. The minimum absolute atomic E-state index is 0.140. The number of halogens is 1. The molecular weight excluding hydrogens is 261 g/mol. The summed E-state index contributed by atoms with van der Waals surface area (Å²) in [6.07, 6.45) is 3.18. The van der Waals surface area contributed by atoms with Crippen molar-refractivity contribution in [2.24, 2.45) is 5.92 Å². The van der Waals surface area contributed by atoms with Crippen LogP contribution >= 0.6 is 0 Å². The number of anilines is 1. The molecule has 0 unspecified atom stereocenters. The van der Waals surface area contributed by atoms with Crippen LogP contribution in [0.2, 0.25) is 0 Å². The van der Waals surface area contributed by atoms with E-state index < -0.39 is 10.7 Å². The average Bonchev–Trinajstić information content (AvgIpc) is 2.45. The van der Waals surface area contributed by atoms with Gasteiger partial charge in [0.1, 0.15) is 11.5 Å². The maximum Gasteiger partial charge on any atom is 0.295 e. The summed E-state index contributed by atoms with van der Waals surface area (Å²) in [5.41, 5.74) is 0.391. The molecule has 0 aliphatic carbocycles. The zero-order valence-electron chi connectivity index (χ0n) is 11.6. The molecule has 0 aromatic heterocycles. The Labute approximate surface area is 117 Å². The van der Waals surface area contributed by atoms with E-state index in [1.54, 1.807) is 0 Å². The van der Waals surface area contributed by atoms with Gasteiger partial charge >= 0.3 is 0 Å². The number of nitrogens with one attached hydrogen (secondary N) is 1. The first-order valence-corrected chi connectivity index (χ1v) is 6.95. The van der Waals surface area contributed by atoms with Gasteiger partial charge in [-0.25, -0.2) is 4.39 Å². The summed E-state index contributed by atoms with van der Waals surface area (Å²) >= 11 is 0. The van der Waals surface area contributed by atoms with E-state index in [2.05, 4.69) is 5.32 Å². The molecule has 0 saturated carbocycles. The second-order valence-corrected chi connectivity index (χ2v) is 5.21. The van der Waals surface area contributed by atoms with Crippen molar-refractivity contribution in [3.05, 3.63) is 34.1 Å². The topological polar surface area (TPSA) is 58.4 Å². The van der Waals surface area contributed by atoms with Gasteiger partial charge in [0.2, 0.25) is 0 Å². The number of piperidine rings is 1. The molecule has 1 aliphatic rings. The van der Waals surface area contributed by atoms with Crippen LogP contribution < -0.4 is 10.2 Å². The molecule has 1 aliphatic heterocycles. The molecule has 1 fully saturated rings. The van der Waals surface area contributed by atoms with Crippen molar-refractivity contribution in [3.8, 4) is 0 Å². The van der Waals surface area contributed by atoms with Crippen LogP contribution in [0.15, 0.2) is 18.2 Å². The average molecular weight is 281 g/mol. The zero-order chi connectivity index (χ0) is 14.5. The Morgan fingerprint density at radius 1 is 1.45 bits per heavy atom. The molecule has 5 nitrogen and oxygen atoms in total. The number of benzene rings is 1. The Morgan fingerprint density at radius 3 is 2.75 bits per heavy atom. The predicted molar refractivity (Wildman–Crippen MR) is 76.5 cm³/mol. The minimum Gasteiger partial charge on any atom is -0.366 e. The Kier molecular flexibility index (Phi) is 4.89. The highest BCUT2D eigenvalue weighted by Gasteiger charge is 2.24. The van der Waals surface area contributed by atoms with Gasteiger partial charge in [-0.3, -0.25) is 10.1 Å². The largest absolute Gasteiger partial charge is 0.366 e. The summed E-state index contributed by atoms with van der Waals surface area (Å²) in [5.74, 6) is 0.0996. The van der Waals surface area contributed by atoms with Crippen molar-refractivity contribution in [2.75, 3.05) is 31.6 Å². The van der Waals surface area contributed by atoms with Crippen LogP contribution in [-0.2, 0) is 0 Å². The normalized spacial score (nSPS) is 16.4. The lowest BCUT2D eigenvalue weighted by Gasteiger charge is -2.33. The summed E-state index contributed by atoms with van der Waals surface area (Å²) in [6.45, 7) is 2.59. The molecule has 1 aromatic rings. The standard InChI is InChI=1S/C14H20FN3O2/c1-16-7-4-11-5-8-17(9-6-11)13-3-2-12(15)10-14(13)18(19)20/h2-3,10-11,16H,4-9H2,1H3. The predicted octanol–water partition coefficient (Wildman–Crippen LogP) is 2.56. The van der Waals surface area contributed by atoms with Crippen LogP contribution in [-0.4, -0.2) is 31.6 Å². The van der Waals surface area contributed by atoms with E-state index in [0.29, 0.717) is 11.6 Å². The molecule has 6 heteroatoms. The Hall–Kier alpha value is -1.69. The fourth-order valence-corrected chi connectivity index (χ4v) is 2.72. The number of rotatable bonds is 5. The van der Waals surface area contributed by atoms with Crippen LogP contribution in [0, 0.1) is 21.8 Å². The molecule has 0 spiro atoms. The van der Waals surface area contributed by atoms with Crippen molar-refractivity contribution in [1.82, 2.24) is 5.32 Å². The monoisotopic (exact) mass is 281 g/mol. The Morgan fingerprint density at radius 2 is 2.15 bits per heavy atom. The van der Waals surface area contributed by atoms with E-state index in [1.807, 2.05) is 11.9 Å². The van der Waals surface area contributed by atoms with Gasteiger partial charge in [0.05, 0.1) is 11.0 Å². The van der Waals surface area contributed by atoms with Crippen LogP contribution in [0.4, 0.5) is 15.8 Å². The van der Waals surface area contributed by atoms with Gasteiger partial charge < -0.3 is 10.2 Å². The molecule has 0 bridgehead atoms. The number of nitro benzene ring substituents is 1. The van der Waals surface area contributed by atoms with E-state index in [9.17, 15) is 14.5 Å². The second kappa shape index (κ2) is 6.65. The summed E-state index contributed by atoms with van der Waals surface area (Å²) in [7, 11) is 1.94. The van der Waals surface area contributed by atoms with Crippen LogP contribution in [0.5, 0.6) is 0 Å². The van der Waals surface area contributed by atoms with Crippen LogP contribution in [0.1, 0.15) is 19.3 Å². The third kappa shape index (κ3) is 3.45. The number of nitrogens with zero attached hydrogens (tertiary/aromatic N) is 2. The van der Waals surface area contributed by atoms with Gasteiger partial charge in [-0.15, -0.1) is 0 Å². The van der Waals surface area contributed by atoms with E-state index >= 15 is 0 Å². The number of nitro groups is 1. The van der Waals surface area contributed by atoms with Crippen molar-refractivity contribution >= 4 is 11.4 Å². The molecule has 1 aromatic carbocycles. The molecule has 0 atom stereocenters. The van der Waals surface area contributed by atoms with Gasteiger partial charge in [-0.1, -0.05) is 0 Å². The first-order valence-electron chi connectivity index (χ1n) is 6.95. The third-order valence-corrected chi connectivity index (χ3v) is 3.89. The molecule has 1 N–H and O–H groups in total.